The molecule has 1 atom stereocenters. The molecule has 0 heterocycles. The van der Waals surface area contributed by atoms with Crippen molar-refractivity contribution in [3.05, 3.63) is 34.1 Å². The number of hydrogen-bond donors (Lipinski definition) is 1. The second-order valence-corrected chi connectivity index (χ2v) is 7.10. The zero-order valence-electron chi connectivity index (χ0n) is 13.0. The topological polar surface area (TPSA) is 12.0 Å². The minimum absolute atomic E-state index is 0.0975. The molecule has 0 aromatic heterocycles. The molecule has 3 heteroatoms. The summed E-state index contributed by atoms with van der Waals surface area (Å²) in [4.78, 5) is 0. The Bertz CT molecular complexity index is 427. The summed E-state index contributed by atoms with van der Waals surface area (Å²) >= 11 is 3.32. The third-order valence-electron chi connectivity index (χ3n) is 4.54. The van der Waals surface area contributed by atoms with Crippen molar-refractivity contribution in [3.8, 4) is 0 Å². The van der Waals surface area contributed by atoms with Gasteiger partial charge < -0.3 is 5.32 Å². The zero-order valence-corrected chi connectivity index (χ0v) is 14.6. The second-order valence-electron chi connectivity index (χ2n) is 6.24. The average Bonchev–Trinajstić information content (AvgIpc) is 2.75. The number of rotatable bonds is 6. The van der Waals surface area contributed by atoms with E-state index in [9.17, 15) is 4.39 Å². The maximum Gasteiger partial charge on any atom is 0.142 e. The largest absolute Gasteiger partial charge is 0.310 e. The van der Waals surface area contributed by atoms with Crippen molar-refractivity contribution in [1.82, 2.24) is 5.32 Å². The van der Waals surface area contributed by atoms with E-state index in [4.69, 9.17) is 0 Å². The van der Waals surface area contributed by atoms with Crippen LogP contribution in [0.3, 0.4) is 0 Å². The first kappa shape index (κ1) is 17.0. The lowest BCUT2D eigenvalue weighted by Crippen LogP contribution is -2.25. The van der Waals surface area contributed by atoms with Crippen molar-refractivity contribution in [2.45, 2.75) is 64.3 Å². The van der Waals surface area contributed by atoms with Crippen LogP contribution >= 0.6 is 15.9 Å². The molecule has 0 bridgehead atoms. The van der Waals surface area contributed by atoms with Crippen LogP contribution < -0.4 is 5.32 Å². The molecule has 21 heavy (non-hydrogen) atoms. The number of hydrogen-bond acceptors (Lipinski definition) is 1. The van der Waals surface area contributed by atoms with E-state index in [0.717, 1.165) is 30.9 Å². The van der Waals surface area contributed by atoms with Crippen LogP contribution in [0.2, 0.25) is 0 Å². The minimum Gasteiger partial charge on any atom is -0.310 e. The van der Waals surface area contributed by atoms with Crippen molar-refractivity contribution in [3.63, 3.8) is 0 Å². The summed E-state index contributed by atoms with van der Waals surface area (Å²) in [5.41, 5.74) is 0.821. The van der Waals surface area contributed by atoms with Gasteiger partial charge in [-0.3, -0.25) is 0 Å². The average molecular weight is 356 g/mol. The highest BCUT2D eigenvalue weighted by Gasteiger charge is 2.22. The Balaban J connectivity index is 2.11. The molecule has 118 valence electrons. The van der Waals surface area contributed by atoms with Crippen molar-refractivity contribution < 1.29 is 4.39 Å². The predicted octanol–water partition coefficient (Wildman–Crippen LogP) is 5.99. The highest BCUT2D eigenvalue weighted by molar-refractivity contribution is 9.10. The Morgan fingerprint density at radius 2 is 1.95 bits per heavy atom. The van der Waals surface area contributed by atoms with E-state index >= 15 is 0 Å². The lowest BCUT2D eigenvalue weighted by atomic mass is 9.89. The van der Waals surface area contributed by atoms with Gasteiger partial charge in [0.05, 0.1) is 4.47 Å². The molecule has 1 unspecified atom stereocenters. The van der Waals surface area contributed by atoms with E-state index in [-0.39, 0.29) is 11.9 Å². The van der Waals surface area contributed by atoms with Crippen LogP contribution in [0.15, 0.2) is 22.7 Å². The molecule has 1 aliphatic rings. The van der Waals surface area contributed by atoms with Gasteiger partial charge in [-0.25, -0.2) is 4.39 Å². The van der Waals surface area contributed by atoms with Crippen molar-refractivity contribution in [1.29, 1.82) is 0 Å². The van der Waals surface area contributed by atoms with E-state index in [1.54, 1.807) is 6.07 Å². The fourth-order valence-corrected chi connectivity index (χ4v) is 3.74. The molecule has 0 spiro atoms. The van der Waals surface area contributed by atoms with Crippen molar-refractivity contribution >= 4 is 15.9 Å². The highest BCUT2D eigenvalue weighted by Crippen LogP contribution is 2.33. The summed E-state index contributed by atoms with van der Waals surface area (Å²) in [5, 5.41) is 3.56. The van der Waals surface area contributed by atoms with Gasteiger partial charge >= 0.3 is 0 Å². The van der Waals surface area contributed by atoms with Gasteiger partial charge in [0.1, 0.15) is 5.82 Å². The van der Waals surface area contributed by atoms with Gasteiger partial charge in [0.2, 0.25) is 0 Å². The predicted molar refractivity (Wildman–Crippen MR) is 90.9 cm³/mol. The van der Waals surface area contributed by atoms with Gasteiger partial charge in [0.15, 0.2) is 0 Å². The normalized spacial score (nSPS) is 18.4. The third-order valence-corrected chi connectivity index (χ3v) is 5.15. The van der Waals surface area contributed by atoms with Crippen molar-refractivity contribution in [2.24, 2.45) is 5.92 Å². The van der Waals surface area contributed by atoms with Crippen LogP contribution in [0.25, 0.3) is 0 Å². The molecule has 1 aliphatic carbocycles. The number of nitrogens with one attached hydrogen (secondary N) is 1. The Labute approximate surface area is 136 Å². The molecule has 0 aliphatic heterocycles. The Morgan fingerprint density at radius 1 is 1.24 bits per heavy atom. The lowest BCUT2D eigenvalue weighted by molar-refractivity contribution is 0.350. The lowest BCUT2D eigenvalue weighted by Gasteiger charge is -2.25. The molecule has 0 amide bonds. The maximum absolute atomic E-state index is 14.4. The molecule has 1 saturated carbocycles. The van der Waals surface area contributed by atoms with E-state index < -0.39 is 0 Å². The first-order chi connectivity index (χ1) is 10.2. The Hall–Kier alpha value is -0.410. The van der Waals surface area contributed by atoms with Crippen LogP contribution in [-0.2, 0) is 0 Å². The monoisotopic (exact) mass is 355 g/mol. The van der Waals surface area contributed by atoms with Gasteiger partial charge in [-0.15, -0.1) is 0 Å². The molecule has 2 rings (SSSR count). The van der Waals surface area contributed by atoms with E-state index in [1.165, 1.54) is 38.5 Å². The first-order valence-electron chi connectivity index (χ1n) is 8.39. The molecule has 0 radical (unpaired) electrons. The van der Waals surface area contributed by atoms with E-state index in [2.05, 4.69) is 28.2 Å². The quantitative estimate of drug-likeness (QED) is 0.618. The molecule has 1 aromatic carbocycles. The fourth-order valence-electron chi connectivity index (χ4n) is 3.36. The standard InChI is InChI=1S/C18H27BrFN/c1-2-12-21-17(13-14-8-5-3-4-6-9-14)15-10-7-11-16(19)18(15)20/h7,10-11,14,17,21H,2-6,8-9,12-13H2,1H3. The zero-order chi connectivity index (χ0) is 15.1. The minimum atomic E-state index is -0.0975. The van der Waals surface area contributed by atoms with Crippen LogP contribution in [0, 0.1) is 11.7 Å². The van der Waals surface area contributed by atoms with Gasteiger partial charge in [-0.2, -0.15) is 0 Å². The van der Waals surface area contributed by atoms with E-state index in [0.29, 0.717) is 4.47 Å². The summed E-state index contributed by atoms with van der Waals surface area (Å²) in [5.74, 6) is 0.639. The number of benzene rings is 1. The second kappa shape index (κ2) is 8.89. The molecule has 1 aromatic rings. The van der Waals surface area contributed by atoms with Gasteiger partial charge in [-0.1, -0.05) is 57.6 Å². The van der Waals surface area contributed by atoms with Crippen molar-refractivity contribution in [2.75, 3.05) is 6.54 Å². The summed E-state index contributed by atoms with van der Waals surface area (Å²) in [6.45, 7) is 3.11. The molecule has 1 N–H and O–H groups in total. The molecular formula is C18H27BrFN. The Morgan fingerprint density at radius 3 is 2.62 bits per heavy atom. The third kappa shape index (κ3) is 5.07. The van der Waals surface area contributed by atoms with Gasteiger partial charge in [0, 0.05) is 11.6 Å². The van der Waals surface area contributed by atoms with Crippen LogP contribution in [0.4, 0.5) is 4.39 Å². The summed E-state index contributed by atoms with van der Waals surface area (Å²) in [7, 11) is 0. The van der Waals surface area contributed by atoms with E-state index in [1.807, 2.05) is 12.1 Å². The summed E-state index contributed by atoms with van der Waals surface area (Å²) < 4.78 is 15.0. The summed E-state index contributed by atoms with van der Waals surface area (Å²) in [6, 6.07) is 5.80. The summed E-state index contributed by atoms with van der Waals surface area (Å²) in [6.07, 6.45) is 10.2. The highest BCUT2D eigenvalue weighted by atomic mass is 79.9. The number of halogens is 2. The maximum atomic E-state index is 14.4. The van der Waals surface area contributed by atoms with Crippen LogP contribution in [0.5, 0.6) is 0 Å². The smallest absolute Gasteiger partial charge is 0.142 e. The SMILES string of the molecule is CCCNC(CC1CCCCCC1)c1cccc(Br)c1F. The molecule has 1 fully saturated rings. The van der Waals surface area contributed by atoms with Crippen LogP contribution in [0.1, 0.15) is 69.9 Å². The molecular weight excluding hydrogens is 329 g/mol. The Kier molecular flexibility index (Phi) is 7.18. The van der Waals surface area contributed by atoms with Crippen LogP contribution in [-0.4, -0.2) is 6.54 Å². The molecule has 1 nitrogen and oxygen atoms in total. The molecule has 0 saturated heterocycles. The fraction of sp³-hybridized carbons (Fsp3) is 0.667. The van der Waals surface area contributed by atoms with Gasteiger partial charge in [-0.05, 0) is 47.3 Å². The first-order valence-corrected chi connectivity index (χ1v) is 9.19. The van der Waals surface area contributed by atoms with Gasteiger partial charge in [0.25, 0.3) is 0 Å².